The quantitative estimate of drug-likeness (QED) is 0.363. The molecule has 76 valence electrons. The van der Waals surface area contributed by atoms with Gasteiger partial charge in [-0.15, -0.1) is 0 Å². The zero-order valence-corrected chi connectivity index (χ0v) is 7.73. The molecule has 13 heavy (non-hydrogen) atoms. The van der Waals surface area contributed by atoms with Crippen molar-refractivity contribution in [1.82, 2.24) is 0 Å². The van der Waals surface area contributed by atoms with Gasteiger partial charge in [-0.25, -0.2) is 0 Å². The van der Waals surface area contributed by atoms with Gasteiger partial charge in [0.05, 0.1) is 6.10 Å². The van der Waals surface area contributed by atoms with Gasteiger partial charge >= 0.3 is 0 Å². The Labute approximate surface area is 77.0 Å². The van der Waals surface area contributed by atoms with E-state index in [9.17, 15) is 10.2 Å². The van der Waals surface area contributed by atoms with Crippen LogP contribution in [-0.2, 0) is 0 Å². The predicted octanol–water partition coefficient (Wildman–Crippen LogP) is -1.03. The van der Waals surface area contributed by atoms with E-state index >= 15 is 0 Å². The molecule has 3 atom stereocenters. The van der Waals surface area contributed by atoms with Crippen molar-refractivity contribution in [3.05, 3.63) is 11.3 Å². The van der Waals surface area contributed by atoms with Crippen molar-refractivity contribution in [1.29, 1.82) is 5.41 Å². The van der Waals surface area contributed by atoms with Crippen molar-refractivity contribution in [3.8, 4) is 0 Å². The van der Waals surface area contributed by atoms with Gasteiger partial charge in [0.1, 0.15) is 12.2 Å². The number of rotatable bonds is 4. The molecule has 6 N–H and O–H groups in total. The summed E-state index contributed by atoms with van der Waals surface area (Å²) in [7, 11) is 0. The fourth-order valence-corrected chi connectivity index (χ4v) is 0.880. The van der Waals surface area contributed by atoms with Gasteiger partial charge in [-0.2, -0.15) is 0 Å². The molecule has 0 fully saturated rings. The Bertz CT molecular complexity index is 209. The van der Waals surface area contributed by atoms with Crippen LogP contribution in [0.5, 0.6) is 0 Å². The van der Waals surface area contributed by atoms with Crippen LogP contribution in [0.3, 0.4) is 0 Å². The Kier molecular flexibility index (Phi) is 4.61. The highest BCUT2D eigenvalue weighted by molar-refractivity contribution is 5.78. The second-order valence-corrected chi connectivity index (χ2v) is 2.96. The van der Waals surface area contributed by atoms with E-state index in [0.29, 0.717) is 0 Å². The number of hydrogen-bond acceptors (Lipinski definition) is 5. The first-order valence-electron chi connectivity index (χ1n) is 3.92. The Hall–Kier alpha value is -0.910. The number of allylic oxidation sites excluding steroid dienone is 1. The molecule has 0 radical (unpaired) electrons. The molecule has 0 bridgehead atoms. The number of nitrogens with one attached hydrogen (secondary N) is 1. The lowest BCUT2D eigenvalue weighted by molar-refractivity contribution is -0.0351. The van der Waals surface area contributed by atoms with Gasteiger partial charge in [-0.05, 0) is 13.8 Å². The highest BCUT2D eigenvalue weighted by Gasteiger charge is 2.24. The molecular formula is C8H16N2O3. The summed E-state index contributed by atoms with van der Waals surface area (Å²) >= 11 is 0. The molecule has 3 unspecified atom stereocenters. The Morgan fingerprint density at radius 1 is 1.38 bits per heavy atom. The molecule has 0 amide bonds. The van der Waals surface area contributed by atoms with Gasteiger partial charge in [0, 0.05) is 17.5 Å². The molecule has 0 aliphatic heterocycles. The van der Waals surface area contributed by atoms with Crippen LogP contribution < -0.4 is 5.73 Å². The molecular weight excluding hydrogens is 172 g/mol. The summed E-state index contributed by atoms with van der Waals surface area (Å²) in [4.78, 5) is 0. The van der Waals surface area contributed by atoms with E-state index in [0.717, 1.165) is 6.21 Å². The molecule has 0 spiro atoms. The summed E-state index contributed by atoms with van der Waals surface area (Å²) in [5, 5.41) is 34.6. The minimum absolute atomic E-state index is 0.119. The average Bonchev–Trinajstić information content (AvgIpc) is 2.03. The van der Waals surface area contributed by atoms with Crippen LogP contribution in [-0.4, -0.2) is 39.8 Å². The van der Waals surface area contributed by atoms with Crippen LogP contribution in [0.15, 0.2) is 11.3 Å². The predicted molar refractivity (Wildman–Crippen MR) is 49.4 cm³/mol. The summed E-state index contributed by atoms with van der Waals surface area (Å²) in [5.74, 6) is 0. The molecule has 0 saturated heterocycles. The van der Waals surface area contributed by atoms with E-state index in [1.807, 2.05) is 0 Å². The molecule has 0 saturated carbocycles. The third-order valence-corrected chi connectivity index (χ3v) is 1.75. The molecule has 0 aromatic rings. The van der Waals surface area contributed by atoms with Gasteiger partial charge < -0.3 is 26.5 Å². The third-order valence-electron chi connectivity index (χ3n) is 1.75. The normalized spacial score (nSPS) is 20.1. The molecule has 0 aromatic heterocycles. The highest BCUT2D eigenvalue weighted by atomic mass is 16.4. The largest absolute Gasteiger partial charge is 0.402 e. The number of nitrogens with two attached hydrogens (primary N) is 1. The van der Waals surface area contributed by atoms with Crippen molar-refractivity contribution >= 4 is 6.21 Å². The van der Waals surface area contributed by atoms with Gasteiger partial charge in [0.25, 0.3) is 0 Å². The first-order chi connectivity index (χ1) is 5.91. The van der Waals surface area contributed by atoms with Crippen LogP contribution in [0.4, 0.5) is 0 Å². The first kappa shape index (κ1) is 12.1. The smallest absolute Gasteiger partial charge is 0.110 e. The van der Waals surface area contributed by atoms with E-state index in [1.165, 1.54) is 13.8 Å². The van der Waals surface area contributed by atoms with Crippen molar-refractivity contribution in [2.24, 2.45) is 5.73 Å². The van der Waals surface area contributed by atoms with Crippen molar-refractivity contribution in [2.75, 3.05) is 0 Å². The fraction of sp³-hybridized carbons (Fsp3) is 0.625. The Balaban J connectivity index is 4.66. The number of aliphatic hydroxyl groups excluding tert-OH is 3. The summed E-state index contributed by atoms with van der Waals surface area (Å²) in [6.07, 6.45) is -2.84. The van der Waals surface area contributed by atoms with Gasteiger partial charge in [0.2, 0.25) is 0 Å². The number of hydrogen-bond donors (Lipinski definition) is 5. The molecule has 0 aliphatic rings. The topological polar surface area (TPSA) is 111 Å². The third kappa shape index (κ3) is 3.14. The maximum Gasteiger partial charge on any atom is 0.110 e. The minimum atomic E-state index is -1.32. The summed E-state index contributed by atoms with van der Waals surface area (Å²) in [6.45, 7) is 2.86. The minimum Gasteiger partial charge on any atom is -0.402 e. The molecule has 0 rings (SSSR count). The molecule has 5 nitrogen and oxygen atoms in total. The summed E-state index contributed by atoms with van der Waals surface area (Å²) in [6, 6.07) is 0. The number of aliphatic hydroxyl groups is 3. The van der Waals surface area contributed by atoms with E-state index in [-0.39, 0.29) is 11.3 Å². The monoisotopic (exact) mass is 188 g/mol. The van der Waals surface area contributed by atoms with Crippen molar-refractivity contribution in [3.63, 3.8) is 0 Å². The van der Waals surface area contributed by atoms with Gasteiger partial charge in [-0.1, -0.05) is 0 Å². The van der Waals surface area contributed by atoms with Crippen LogP contribution >= 0.6 is 0 Å². The first-order valence-corrected chi connectivity index (χ1v) is 3.92. The average molecular weight is 188 g/mol. The van der Waals surface area contributed by atoms with Gasteiger partial charge in [0.15, 0.2) is 0 Å². The van der Waals surface area contributed by atoms with Gasteiger partial charge in [-0.3, -0.25) is 0 Å². The lowest BCUT2D eigenvalue weighted by Crippen LogP contribution is -2.38. The van der Waals surface area contributed by atoms with Crippen LogP contribution in [0.2, 0.25) is 0 Å². The molecule has 5 heteroatoms. The van der Waals surface area contributed by atoms with Crippen LogP contribution in [0, 0.1) is 5.41 Å². The summed E-state index contributed by atoms with van der Waals surface area (Å²) < 4.78 is 0. The van der Waals surface area contributed by atoms with Crippen molar-refractivity contribution in [2.45, 2.75) is 32.2 Å². The fourth-order valence-electron chi connectivity index (χ4n) is 0.880. The second kappa shape index (κ2) is 4.96. The maximum atomic E-state index is 9.42. The molecule has 0 aliphatic carbocycles. The van der Waals surface area contributed by atoms with Crippen LogP contribution in [0.25, 0.3) is 0 Å². The van der Waals surface area contributed by atoms with E-state index in [4.69, 9.17) is 16.2 Å². The Morgan fingerprint density at radius 2 is 1.85 bits per heavy atom. The van der Waals surface area contributed by atoms with Crippen molar-refractivity contribution < 1.29 is 15.3 Å². The second-order valence-electron chi connectivity index (χ2n) is 2.96. The lowest BCUT2D eigenvalue weighted by atomic mass is 10.0. The Morgan fingerprint density at radius 3 is 2.08 bits per heavy atom. The molecule has 0 aromatic carbocycles. The van der Waals surface area contributed by atoms with E-state index < -0.39 is 18.3 Å². The standard InChI is InChI=1S/C8H16N2O3/c1-4(10)6(3-9)8(13)7(12)5(2)11/h3,5,7-9,11-13H,10H2,1-2H3/b6-4+,9-3?. The molecule has 0 heterocycles. The zero-order chi connectivity index (χ0) is 10.6. The lowest BCUT2D eigenvalue weighted by Gasteiger charge is -2.21. The van der Waals surface area contributed by atoms with E-state index in [2.05, 4.69) is 0 Å². The summed E-state index contributed by atoms with van der Waals surface area (Å²) in [5.41, 5.74) is 5.73. The highest BCUT2D eigenvalue weighted by Crippen LogP contribution is 2.10. The maximum absolute atomic E-state index is 9.42. The SMILES string of the molecule is C/C(N)=C(/C=N)C(O)C(O)C(C)O. The van der Waals surface area contributed by atoms with Crippen LogP contribution in [0.1, 0.15) is 13.8 Å². The zero-order valence-electron chi connectivity index (χ0n) is 7.73. The van der Waals surface area contributed by atoms with E-state index in [1.54, 1.807) is 0 Å².